The van der Waals surface area contributed by atoms with Crippen LogP contribution < -0.4 is 35.1 Å². The second-order valence-electron chi connectivity index (χ2n) is 3.65. The fourth-order valence-corrected chi connectivity index (χ4v) is 3.06. The van der Waals surface area contributed by atoms with Gasteiger partial charge in [-0.25, -0.2) is 0 Å². The molecule has 16 nitrogen and oxygen atoms in total. The Bertz CT molecular complexity index is 494. The monoisotopic (exact) mass is 695 g/mol. The molecule has 0 aromatic heterocycles. The molecule has 0 rings (SSSR count). The molecule has 0 unspecified atom stereocenters. The van der Waals surface area contributed by atoms with Crippen molar-refractivity contribution in [3.8, 4) is 0 Å². The van der Waals surface area contributed by atoms with Gasteiger partial charge in [-0.05, 0) is 13.0 Å². The molecule has 0 fully saturated rings. The van der Waals surface area contributed by atoms with Gasteiger partial charge in [0.05, 0.1) is 0 Å². The molecule has 0 aromatic carbocycles. The molecule has 152 valence electrons. The Hall–Kier alpha value is 2.93. The molecule has 0 aliphatic carbocycles. The van der Waals surface area contributed by atoms with Gasteiger partial charge in [0.25, 0.3) is 5.08 Å². The van der Waals surface area contributed by atoms with Crippen LogP contribution in [0.25, 0.3) is 0 Å². The maximum atomic E-state index is 10.7. The van der Waals surface area contributed by atoms with Crippen LogP contribution in [-0.2, 0) is 96.2 Å². The van der Waals surface area contributed by atoms with Crippen molar-refractivity contribution in [1.29, 1.82) is 0 Å². The summed E-state index contributed by atoms with van der Waals surface area (Å²) in [6.07, 6.45) is -0.856. The zero-order valence-corrected chi connectivity index (χ0v) is 29.6. The Morgan fingerprint density at radius 2 is 0.893 bits per heavy atom. The minimum Gasteiger partial charge on any atom is -0.822 e. The van der Waals surface area contributed by atoms with Crippen LogP contribution >= 0.6 is 30.8 Å². The molecule has 0 saturated carbocycles. The van der Waals surface area contributed by atoms with Crippen LogP contribution in [0.2, 0.25) is 0 Å². The first-order valence-electron chi connectivity index (χ1n) is 5.06. The van der Waals surface area contributed by atoms with Gasteiger partial charge in [-0.2, -0.15) is 15.6 Å². The smallest absolute Gasteiger partial charge is 0.822 e. The van der Waals surface area contributed by atoms with Crippen molar-refractivity contribution in [2.45, 2.75) is 17.9 Å². The summed E-state index contributed by atoms with van der Waals surface area (Å²) in [7, 11) is -21.4. The van der Waals surface area contributed by atoms with Gasteiger partial charge in [0.15, 0.2) is 0 Å². The first kappa shape index (κ1) is 48.4. The number of nitrogens with two attached hydrogens (primary N) is 1. The van der Waals surface area contributed by atoms with E-state index in [-0.39, 0.29) is 90.9 Å². The molecule has 0 atom stereocenters. The normalized spacial score (nSPS) is 11.4. The second kappa shape index (κ2) is 19.4. The van der Waals surface area contributed by atoms with E-state index in [0.29, 0.717) is 0 Å². The molecule has 0 saturated heterocycles. The molecule has 7 N–H and O–H groups in total. The number of phosphoric acid groups is 2. The Morgan fingerprint density at radius 1 is 0.714 bits per heavy atom. The largest absolute Gasteiger partial charge is 2.00 e. The van der Waals surface area contributed by atoms with Gasteiger partial charge in [-0.15, -0.1) is 0 Å². The summed E-state index contributed by atoms with van der Waals surface area (Å²) in [4.78, 5) is 85.8. The fraction of sp³-hybridized carbons (Fsp3) is 1.00. The van der Waals surface area contributed by atoms with Crippen molar-refractivity contribution in [2.75, 3.05) is 6.54 Å². The zero-order valence-electron chi connectivity index (χ0n) is 14.1. The minimum atomic E-state index is -5.39. The maximum Gasteiger partial charge on any atom is 2.00 e. The molecule has 0 radical (unpaired) electrons. The average Bonchev–Trinajstić information content (AvgIpc) is 2.17. The van der Waals surface area contributed by atoms with E-state index in [1.165, 1.54) is 0 Å². The van der Waals surface area contributed by atoms with Crippen molar-refractivity contribution in [1.82, 2.24) is 0 Å². The molecule has 0 heterocycles. The number of hydrogen-bond donors (Lipinski definition) is 6. The first-order chi connectivity index (χ1) is 10.1. The summed E-state index contributed by atoms with van der Waals surface area (Å²) in [5.41, 5.74) is 5.01. The van der Waals surface area contributed by atoms with Gasteiger partial charge in [0.1, 0.15) is 0 Å². The van der Waals surface area contributed by atoms with E-state index < -0.39 is 42.3 Å². The van der Waals surface area contributed by atoms with Crippen LogP contribution in [0.3, 0.4) is 0 Å². The standard InChI is InChI=1S/C4H13NO7P2.2H3O4P.4Zn/c5-3-1-2-4(6,13(7,8)9)14(10,11)12;2*1-5(2,3)4;;;;/h6H,1-3,5H2,(H2,7,8,9)(H2,10,11,12);2*(H3,1,2,3,4);;;;/q;;;;3*+2/p-6. The maximum absolute atomic E-state index is 10.7. The van der Waals surface area contributed by atoms with Crippen LogP contribution in [0.5, 0.6) is 0 Å². The fourth-order valence-electron chi connectivity index (χ4n) is 0.800. The molecule has 0 spiro atoms. The van der Waals surface area contributed by atoms with Gasteiger partial charge in [-0.1, -0.05) is 0 Å². The number of aliphatic hydroxyl groups is 1. The Labute approximate surface area is 209 Å². The zero-order chi connectivity index (χ0) is 20.6. The van der Waals surface area contributed by atoms with E-state index in [4.69, 9.17) is 63.8 Å². The molecular formula is C4H13NO15P4Zn4. The van der Waals surface area contributed by atoms with E-state index in [2.05, 4.69) is 0 Å². The average molecular weight is 701 g/mol. The van der Waals surface area contributed by atoms with Crippen LogP contribution in [0, 0.1) is 0 Å². The van der Waals surface area contributed by atoms with E-state index >= 15 is 0 Å². The molecule has 0 bridgehead atoms. The van der Waals surface area contributed by atoms with Crippen LogP contribution in [0.1, 0.15) is 12.8 Å². The third-order valence-corrected chi connectivity index (χ3v) is 5.53. The first-order valence-corrected chi connectivity index (χ1v) is 11.2. The Balaban J connectivity index is -0.0000000536. The van der Waals surface area contributed by atoms with Crippen LogP contribution in [-0.4, -0.2) is 36.3 Å². The summed E-state index contributed by atoms with van der Waals surface area (Å²) in [6, 6.07) is 0. The van der Waals surface area contributed by atoms with Crippen LogP contribution in [0.4, 0.5) is 0 Å². The number of hydrogen-bond acceptors (Lipinski definition) is 12. The predicted octanol–water partition coefficient (Wildman–Crippen LogP) is -6.93. The van der Waals surface area contributed by atoms with Gasteiger partial charge < -0.3 is 68.9 Å². The topological polar surface area (TPSA) is 334 Å². The van der Waals surface area contributed by atoms with Crippen molar-refractivity contribution < 1.29 is 150 Å². The Morgan fingerprint density at radius 3 is 1.00 bits per heavy atom. The summed E-state index contributed by atoms with van der Waals surface area (Å²) in [5, 5.41) is 5.91. The van der Waals surface area contributed by atoms with Crippen molar-refractivity contribution in [2.24, 2.45) is 5.73 Å². The van der Waals surface area contributed by atoms with Crippen LogP contribution in [0.15, 0.2) is 0 Å². The molecule has 0 aliphatic heterocycles. The second-order valence-corrected chi connectivity index (χ2v) is 9.45. The van der Waals surface area contributed by atoms with E-state index in [0.717, 1.165) is 0 Å². The van der Waals surface area contributed by atoms with Crippen molar-refractivity contribution in [3.05, 3.63) is 0 Å². The van der Waals surface area contributed by atoms with E-state index in [1.54, 1.807) is 0 Å². The molecule has 0 aromatic rings. The van der Waals surface area contributed by atoms with Crippen molar-refractivity contribution >= 4 is 30.8 Å². The summed E-state index contributed by atoms with van der Waals surface area (Å²) in [5.74, 6) is 0. The molecule has 0 amide bonds. The van der Waals surface area contributed by atoms with Gasteiger partial charge >= 0.3 is 73.6 Å². The third-order valence-electron chi connectivity index (χ3n) is 1.65. The summed E-state index contributed by atoms with van der Waals surface area (Å²) < 4.78 is 38.5. The minimum absolute atomic E-state index is 0. The van der Waals surface area contributed by atoms with Gasteiger partial charge in [-0.3, -0.25) is 9.13 Å². The third kappa shape index (κ3) is 33.6. The SMILES string of the molecule is NCCCC(O)(P(=O)(O)O)P(=O)(O)O.O=P([O-])([O-])[O-].O=P([O-])([O-])[O-].[Zn+2].[Zn+2].[Zn+2].[Zn]. The molecule has 28 heavy (non-hydrogen) atoms. The quantitative estimate of drug-likeness (QED) is 0.115. The Kier molecular flexibility index (Phi) is 33.5. The molecule has 0 aliphatic rings. The summed E-state index contributed by atoms with van der Waals surface area (Å²) >= 11 is 0. The number of rotatable bonds is 5. The van der Waals surface area contributed by atoms with E-state index in [9.17, 15) is 14.2 Å². The summed E-state index contributed by atoms with van der Waals surface area (Å²) in [6.45, 7) is -0.0394. The molecule has 24 heteroatoms. The van der Waals surface area contributed by atoms with Crippen molar-refractivity contribution in [3.63, 3.8) is 0 Å². The molecular weight excluding hydrogens is 687 g/mol. The van der Waals surface area contributed by atoms with E-state index in [1.807, 2.05) is 0 Å². The van der Waals surface area contributed by atoms with Gasteiger partial charge in [0, 0.05) is 25.9 Å². The predicted molar refractivity (Wildman–Crippen MR) is 62.5 cm³/mol. The van der Waals surface area contributed by atoms with Gasteiger partial charge in [0.2, 0.25) is 0 Å².